The van der Waals surface area contributed by atoms with Crippen LogP contribution in [0.4, 0.5) is 14.7 Å². The zero-order valence-electron chi connectivity index (χ0n) is 13.2. The fourth-order valence-electron chi connectivity index (χ4n) is 2.68. The van der Waals surface area contributed by atoms with Crippen molar-refractivity contribution in [2.45, 2.75) is 25.9 Å². The van der Waals surface area contributed by atoms with Crippen molar-refractivity contribution in [3.8, 4) is 11.8 Å². The zero-order valence-corrected chi connectivity index (χ0v) is 13.2. The number of nitrogens with zero attached hydrogens (tertiary/aromatic N) is 4. The molecule has 0 bridgehead atoms. The Morgan fingerprint density at radius 3 is 2.62 bits per heavy atom. The highest BCUT2D eigenvalue weighted by atomic mass is 19.1. The number of rotatable bonds is 3. The van der Waals surface area contributed by atoms with Gasteiger partial charge in [0.2, 0.25) is 5.95 Å². The zero-order chi connectivity index (χ0) is 17.1. The molecule has 24 heavy (non-hydrogen) atoms. The molecule has 2 heterocycles. The van der Waals surface area contributed by atoms with E-state index in [1.54, 1.807) is 6.07 Å². The summed E-state index contributed by atoms with van der Waals surface area (Å²) in [5.74, 6) is -0.732. The van der Waals surface area contributed by atoms with E-state index in [-0.39, 0.29) is 11.9 Å². The number of halogens is 2. The first-order chi connectivity index (χ1) is 11.5. The molecule has 1 aliphatic rings. The summed E-state index contributed by atoms with van der Waals surface area (Å²) in [4.78, 5) is 10.6. The van der Waals surface area contributed by atoms with E-state index < -0.39 is 11.6 Å². The molecular formula is C17H16F2N4O. The quantitative estimate of drug-likeness (QED) is 0.866. The van der Waals surface area contributed by atoms with E-state index >= 15 is 0 Å². The van der Waals surface area contributed by atoms with Gasteiger partial charge >= 0.3 is 0 Å². The van der Waals surface area contributed by atoms with Gasteiger partial charge < -0.3 is 9.64 Å². The molecule has 7 heteroatoms. The second kappa shape index (κ2) is 6.79. The predicted octanol–water partition coefficient (Wildman–Crippen LogP) is 2.98. The first-order valence-electron chi connectivity index (χ1n) is 7.67. The summed E-state index contributed by atoms with van der Waals surface area (Å²) >= 11 is 0. The van der Waals surface area contributed by atoms with Gasteiger partial charge in [0.25, 0.3) is 0 Å². The van der Waals surface area contributed by atoms with Crippen molar-refractivity contribution >= 4 is 5.95 Å². The lowest BCUT2D eigenvalue weighted by atomic mass is 10.1. The van der Waals surface area contributed by atoms with Gasteiger partial charge in [0.1, 0.15) is 23.7 Å². The Kier molecular flexibility index (Phi) is 4.56. The van der Waals surface area contributed by atoms with E-state index in [2.05, 4.69) is 9.97 Å². The van der Waals surface area contributed by atoms with E-state index in [4.69, 9.17) is 10.00 Å². The van der Waals surface area contributed by atoms with Crippen molar-refractivity contribution < 1.29 is 13.5 Å². The molecule has 0 aliphatic carbocycles. The molecule has 1 saturated heterocycles. The van der Waals surface area contributed by atoms with Crippen LogP contribution < -0.4 is 9.64 Å². The van der Waals surface area contributed by atoms with Gasteiger partial charge in [-0.3, -0.25) is 0 Å². The molecule has 0 radical (unpaired) electrons. The van der Waals surface area contributed by atoms with Crippen LogP contribution >= 0.6 is 0 Å². The molecule has 0 N–H and O–H groups in total. The van der Waals surface area contributed by atoms with E-state index in [0.717, 1.165) is 11.8 Å². The van der Waals surface area contributed by atoms with Crippen molar-refractivity contribution in [2.75, 3.05) is 18.0 Å². The van der Waals surface area contributed by atoms with Crippen LogP contribution in [0.5, 0.6) is 5.75 Å². The van der Waals surface area contributed by atoms with Gasteiger partial charge in [0.15, 0.2) is 11.6 Å². The first kappa shape index (κ1) is 16.1. The molecule has 1 aromatic carbocycles. The Balaban J connectivity index is 1.64. The lowest BCUT2D eigenvalue weighted by Gasteiger charge is -2.32. The van der Waals surface area contributed by atoms with Crippen LogP contribution in [0.1, 0.15) is 24.2 Å². The fourth-order valence-corrected chi connectivity index (χ4v) is 2.68. The number of aryl methyl sites for hydroxylation is 1. The van der Waals surface area contributed by atoms with Gasteiger partial charge in [-0.05, 0) is 25.1 Å². The Hall–Kier alpha value is -2.75. The third kappa shape index (κ3) is 3.59. The maximum Gasteiger partial charge on any atom is 0.226 e. The van der Waals surface area contributed by atoms with E-state index in [0.29, 0.717) is 37.6 Å². The molecule has 5 nitrogen and oxygen atoms in total. The van der Waals surface area contributed by atoms with Gasteiger partial charge in [-0.15, -0.1) is 0 Å². The fraction of sp³-hybridized carbons (Fsp3) is 0.353. The average molecular weight is 330 g/mol. The molecule has 1 aliphatic heterocycles. The van der Waals surface area contributed by atoms with Gasteiger partial charge in [-0.1, -0.05) is 0 Å². The van der Waals surface area contributed by atoms with Crippen molar-refractivity contribution in [1.29, 1.82) is 5.26 Å². The predicted molar refractivity (Wildman–Crippen MR) is 83.7 cm³/mol. The Bertz CT molecular complexity index is 783. The van der Waals surface area contributed by atoms with Gasteiger partial charge in [-0.25, -0.2) is 18.7 Å². The molecule has 0 spiro atoms. The van der Waals surface area contributed by atoms with Crippen LogP contribution in [0.2, 0.25) is 0 Å². The summed E-state index contributed by atoms with van der Waals surface area (Å²) in [7, 11) is 0. The Morgan fingerprint density at radius 2 is 1.96 bits per heavy atom. The monoisotopic (exact) mass is 330 g/mol. The summed E-state index contributed by atoms with van der Waals surface area (Å²) in [6.07, 6.45) is 1.17. The van der Waals surface area contributed by atoms with Crippen LogP contribution in [0.3, 0.4) is 0 Å². The number of nitriles is 1. The highest BCUT2D eigenvalue weighted by molar-refractivity contribution is 5.36. The number of hydrogen-bond donors (Lipinski definition) is 0. The standard InChI is InChI=1S/C17H16F2N4O/c1-11-8-13(10-20)22-17(21-11)23-6-4-14(5-7-23)24-16-3-2-12(18)9-15(16)19/h2-3,8-9,14H,4-7H2,1H3. The number of ether oxygens (including phenoxy) is 1. The molecule has 2 aromatic rings. The summed E-state index contributed by atoms with van der Waals surface area (Å²) in [5, 5.41) is 9.00. The van der Waals surface area contributed by atoms with Crippen LogP contribution in [0, 0.1) is 29.9 Å². The molecule has 124 valence electrons. The Morgan fingerprint density at radius 1 is 1.21 bits per heavy atom. The number of benzene rings is 1. The maximum absolute atomic E-state index is 13.6. The summed E-state index contributed by atoms with van der Waals surface area (Å²) < 4.78 is 32.2. The normalized spacial score (nSPS) is 15.2. The van der Waals surface area contributed by atoms with E-state index in [1.165, 1.54) is 12.1 Å². The Labute approximate surface area is 138 Å². The summed E-state index contributed by atoms with van der Waals surface area (Å²) in [5.41, 5.74) is 1.08. The molecule has 0 unspecified atom stereocenters. The summed E-state index contributed by atoms with van der Waals surface area (Å²) in [6.45, 7) is 3.10. The van der Waals surface area contributed by atoms with E-state index in [9.17, 15) is 8.78 Å². The van der Waals surface area contributed by atoms with Crippen molar-refractivity contribution in [2.24, 2.45) is 0 Å². The van der Waals surface area contributed by atoms with Crippen molar-refractivity contribution in [1.82, 2.24) is 9.97 Å². The number of hydrogen-bond acceptors (Lipinski definition) is 5. The minimum Gasteiger partial charge on any atom is -0.487 e. The van der Waals surface area contributed by atoms with Gasteiger partial charge in [-0.2, -0.15) is 5.26 Å². The lowest BCUT2D eigenvalue weighted by Crippen LogP contribution is -2.39. The largest absolute Gasteiger partial charge is 0.487 e. The molecule has 1 fully saturated rings. The van der Waals surface area contributed by atoms with Crippen molar-refractivity contribution in [3.05, 3.63) is 47.3 Å². The van der Waals surface area contributed by atoms with Crippen LogP contribution in [-0.4, -0.2) is 29.2 Å². The SMILES string of the molecule is Cc1cc(C#N)nc(N2CCC(Oc3ccc(F)cc3F)CC2)n1. The molecule has 3 rings (SSSR count). The second-order valence-electron chi connectivity index (χ2n) is 5.69. The van der Waals surface area contributed by atoms with Crippen LogP contribution in [0.25, 0.3) is 0 Å². The molecule has 1 aromatic heterocycles. The second-order valence-corrected chi connectivity index (χ2v) is 5.69. The molecule has 0 amide bonds. The first-order valence-corrected chi connectivity index (χ1v) is 7.67. The van der Waals surface area contributed by atoms with Crippen LogP contribution in [0.15, 0.2) is 24.3 Å². The molecule has 0 atom stereocenters. The highest BCUT2D eigenvalue weighted by Crippen LogP contribution is 2.24. The van der Waals surface area contributed by atoms with Crippen LogP contribution in [-0.2, 0) is 0 Å². The smallest absolute Gasteiger partial charge is 0.226 e. The maximum atomic E-state index is 13.6. The minimum absolute atomic E-state index is 0.0634. The number of piperidine rings is 1. The minimum atomic E-state index is -0.696. The lowest BCUT2D eigenvalue weighted by molar-refractivity contribution is 0.163. The highest BCUT2D eigenvalue weighted by Gasteiger charge is 2.23. The third-order valence-electron chi connectivity index (χ3n) is 3.87. The molecular weight excluding hydrogens is 314 g/mol. The number of anilines is 1. The topological polar surface area (TPSA) is 62.0 Å². The average Bonchev–Trinajstić information content (AvgIpc) is 2.57. The molecule has 0 saturated carbocycles. The van der Waals surface area contributed by atoms with Gasteiger partial charge in [0, 0.05) is 37.7 Å². The third-order valence-corrected chi connectivity index (χ3v) is 3.87. The summed E-state index contributed by atoms with van der Waals surface area (Å²) in [6, 6.07) is 6.96. The van der Waals surface area contributed by atoms with Gasteiger partial charge in [0.05, 0.1) is 0 Å². The van der Waals surface area contributed by atoms with Crippen molar-refractivity contribution in [3.63, 3.8) is 0 Å². The number of aromatic nitrogens is 2. The van der Waals surface area contributed by atoms with E-state index in [1.807, 2.05) is 17.9 Å².